The van der Waals surface area contributed by atoms with Crippen LogP contribution >= 0.6 is 0 Å². The zero-order valence-electron chi connectivity index (χ0n) is 26.0. The number of aryl methyl sites for hydroxylation is 2. The van der Waals surface area contributed by atoms with Gasteiger partial charge in [0.25, 0.3) is 5.91 Å². The molecular weight excluding hydrogens is 576 g/mol. The number of para-hydroxylation sites is 1. The van der Waals surface area contributed by atoms with Crippen LogP contribution < -0.4 is 20.7 Å². The number of ether oxygens (including phenoxy) is 1. The quantitative estimate of drug-likeness (QED) is 0.216. The number of hydrogen-bond acceptors (Lipinski definition) is 7. The van der Waals surface area contributed by atoms with Crippen LogP contribution in [-0.2, 0) is 0 Å². The lowest BCUT2D eigenvalue weighted by Gasteiger charge is -2.38. The Morgan fingerprint density at radius 2 is 1.76 bits per heavy atom. The molecule has 12 nitrogen and oxygen atoms in total. The van der Waals surface area contributed by atoms with E-state index in [1.165, 1.54) is 4.90 Å². The Hall–Kier alpha value is -5.10. The van der Waals surface area contributed by atoms with Crippen LogP contribution in [0.2, 0.25) is 0 Å². The van der Waals surface area contributed by atoms with Crippen molar-refractivity contribution in [3.05, 3.63) is 77.7 Å². The van der Waals surface area contributed by atoms with E-state index in [0.717, 1.165) is 10.8 Å². The predicted molar refractivity (Wildman–Crippen MR) is 172 cm³/mol. The maximum absolute atomic E-state index is 13.8. The number of likely N-dealkylation sites (N-methyl/N-ethyl adjacent to an activating group) is 1. The number of carbonyl (C=O) groups is 3. The minimum atomic E-state index is -0.581. The van der Waals surface area contributed by atoms with Gasteiger partial charge in [0.05, 0.1) is 36.1 Å². The fourth-order valence-electron chi connectivity index (χ4n) is 5.39. The van der Waals surface area contributed by atoms with Gasteiger partial charge in [-0.1, -0.05) is 54.5 Å². The van der Waals surface area contributed by atoms with E-state index in [-0.39, 0.29) is 54.6 Å². The van der Waals surface area contributed by atoms with Crippen LogP contribution in [-0.4, -0.2) is 76.9 Å². The van der Waals surface area contributed by atoms with Gasteiger partial charge in [0.15, 0.2) is 11.5 Å². The number of nitrogens with zero attached hydrogens (tertiary/aromatic N) is 3. The summed E-state index contributed by atoms with van der Waals surface area (Å²) in [6.45, 7) is 7.32. The molecule has 4 aromatic rings. The number of aliphatic hydroxyl groups is 1. The smallest absolute Gasteiger partial charge is 0.323 e. The molecule has 1 aliphatic heterocycles. The van der Waals surface area contributed by atoms with Crippen molar-refractivity contribution in [2.45, 2.75) is 39.8 Å². The Bertz CT molecular complexity index is 1700. The Balaban J connectivity index is 1.42. The Kier molecular flexibility index (Phi) is 9.24. The van der Waals surface area contributed by atoms with Gasteiger partial charge >= 0.3 is 12.1 Å². The molecule has 5 amide bonds. The number of amides is 5. The second-order valence-electron chi connectivity index (χ2n) is 11.4. The molecule has 0 saturated carbocycles. The fraction of sp³-hybridized carbons (Fsp3) is 0.333. The lowest BCUT2D eigenvalue weighted by atomic mass is 9.99. The summed E-state index contributed by atoms with van der Waals surface area (Å²) < 4.78 is 11.7. The summed E-state index contributed by atoms with van der Waals surface area (Å²) in [7, 11) is 1.68. The van der Waals surface area contributed by atoms with Crippen molar-refractivity contribution in [1.82, 2.24) is 15.0 Å². The molecule has 0 fully saturated rings. The van der Waals surface area contributed by atoms with E-state index in [1.807, 2.05) is 49.4 Å². The first-order valence-electron chi connectivity index (χ1n) is 14.8. The average Bonchev–Trinajstić information content (AvgIpc) is 3.34. The standard InChI is InChI=1S/C33H38N6O6/c1-19-16-39(20(2)18-40)31(41)25-13-9-15-27(34-32(42)36-29-21(3)37-45-22(29)4)30(25)44-28(19)17-38(5)33(43)35-26-14-8-11-23-10-6-7-12-24(23)26/h6-15,19-20,28,40H,16-18H2,1-5H3,(H,35,43)(H2,34,36,42)/t19-,20+,28-/m0/s1. The number of carbonyl (C=O) groups excluding carboxylic acids is 3. The minimum Gasteiger partial charge on any atom is -0.485 e. The zero-order valence-corrected chi connectivity index (χ0v) is 26.0. The average molecular weight is 615 g/mol. The van der Waals surface area contributed by atoms with Crippen LogP contribution in [0.1, 0.15) is 35.7 Å². The number of benzene rings is 3. The zero-order chi connectivity index (χ0) is 32.2. The molecular formula is C33H38N6O6. The first-order chi connectivity index (χ1) is 21.6. The third-order valence-electron chi connectivity index (χ3n) is 8.04. The number of rotatable bonds is 7. The van der Waals surface area contributed by atoms with Crippen molar-refractivity contribution >= 4 is 45.8 Å². The Morgan fingerprint density at radius 1 is 1.04 bits per heavy atom. The molecule has 0 spiro atoms. The molecule has 1 aromatic heterocycles. The van der Waals surface area contributed by atoms with Gasteiger partial charge in [-0.2, -0.15) is 0 Å². The maximum atomic E-state index is 13.8. The molecule has 4 N–H and O–H groups in total. The number of nitrogens with one attached hydrogen (secondary N) is 3. The van der Waals surface area contributed by atoms with E-state index >= 15 is 0 Å². The van der Waals surface area contributed by atoms with Crippen molar-refractivity contribution in [3.63, 3.8) is 0 Å². The maximum Gasteiger partial charge on any atom is 0.323 e. The summed E-state index contributed by atoms with van der Waals surface area (Å²) in [4.78, 5) is 43.4. The highest BCUT2D eigenvalue weighted by molar-refractivity contribution is 6.05. The Morgan fingerprint density at radius 3 is 2.49 bits per heavy atom. The molecule has 3 aromatic carbocycles. The van der Waals surface area contributed by atoms with E-state index in [1.54, 1.807) is 50.9 Å². The first kappa shape index (κ1) is 31.3. The molecule has 12 heteroatoms. The topological polar surface area (TPSA) is 149 Å². The predicted octanol–water partition coefficient (Wildman–Crippen LogP) is 5.47. The summed E-state index contributed by atoms with van der Waals surface area (Å²) in [5.41, 5.74) is 2.14. The molecule has 0 aliphatic carbocycles. The third-order valence-corrected chi connectivity index (χ3v) is 8.04. The summed E-state index contributed by atoms with van der Waals surface area (Å²) >= 11 is 0. The van der Waals surface area contributed by atoms with Crippen LogP contribution in [0, 0.1) is 19.8 Å². The molecule has 1 aliphatic rings. The molecule has 2 heterocycles. The molecule has 3 atom stereocenters. The highest BCUT2D eigenvalue weighted by atomic mass is 16.5. The minimum absolute atomic E-state index is 0.172. The fourth-order valence-corrected chi connectivity index (χ4v) is 5.39. The number of hydrogen-bond donors (Lipinski definition) is 4. The number of fused-ring (bicyclic) bond motifs is 2. The van der Waals surface area contributed by atoms with E-state index in [9.17, 15) is 19.5 Å². The van der Waals surface area contributed by atoms with Gasteiger partial charge in [0, 0.05) is 24.9 Å². The number of urea groups is 2. The molecule has 0 saturated heterocycles. The summed E-state index contributed by atoms with van der Waals surface area (Å²) in [5, 5.41) is 24.3. The van der Waals surface area contributed by atoms with Gasteiger partial charge in [-0.05, 0) is 44.4 Å². The molecule has 236 valence electrons. The van der Waals surface area contributed by atoms with Gasteiger partial charge < -0.3 is 40.1 Å². The van der Waals surface area contributed by atoms with Crippen molar-refractivity contribution in [2.24, 2.45) is 5.92 Å². The van der Waals surface area contributed by atoms with Gasteiger partial charge in [0.1, 0.15) is 17.5 Å². The Labute approximate surface area is 261 Å². The number of aliphatic hydroxyl groups excluding tert-OH is 1. The monoisotopic (exact) mass is 614 g/mol. The number of anilines is 3. The third kappa shape index (κ3) is 6.70. The van der Waals surface area contributed by atoms with E-state index in [2.05, 4.69) is 21.1 Å². The summed E-state index contributed by atoms with van der Waals surface area (Å²) in [6.07, 6.45) is -0.581. The van der Waals surface area contributed by atoms with Gasteiger partial charge in [-0.25, -0.2) is 9.59 Å². The highest BCUT2D eigenvalue weighted by Crippen LogP contribution is 2.35. The summed E-state index contributed by atoms with van der Waals surface area (Å²) in [5.74, 6) is 0.0255. The van der Waals surface area contributed by atoms with E-state index in [0.29, 0.717) is 22.8 Å². The summed E-state index contributed by atoms with van der Waals surface area (Å²) in [6, 6.07) is 17.1. The lowest BCUT2D eigenvalue weighted by molar-refractivity contribution is 0.0373. The van der Waals surface area contributed by atoms with Crippen molar-refractivity contribution in [2.75, 3.05) is 42.7 Å². The van der Waals surface area contributed by atoms with Crippen LogP contribution in [0.3, 0.4) is 0 Å². The molecule has 45 heavy (non-hydrogen) atoms. The molecule has 0 bridgehead atoms. The first-order valence-corrected chi connectivity index (χ1v) is 14.8. The van der Waals surface area contributed by atoms with Crippen molar-refractivity contribution in [3.8, 4) is 5.75 Å². The largest absolute Gasteiger partial charge is 0.485 e. The SMILES string of the molecule is Cc1noc(C)c1NC(=O)Nc1cccc2c1O[C@@H](CN(C)C(=O)Nc1cccc3ccccc13)[C@@H](C)CN([C@H](C)CO)C2=O. The van der Waals surface area contributed by atoms with Crippen LogP contribution in [0.5, 0.6) is 5.75 Å². The molecule has 0 unspecified atom stereocenters. The lowest BCUT2D eigenvalue weighted by Crippen LogP contribution is -2.50. The van der Waals surface area contributed by atoms with Crippen molar-refractivity contribution < 1.29 is 28.8 Å². The second kappa shape index (κ2) is 13.3. The van der Waals surface area contributed by atoms with E-state index < -0.39 is 18.2 Å². The number of aromatic nitrogens is 1. The second-order valence-corrected chi connectivity index (χ2v) is 11.4. The van der Waals surface area contributed by atoms with E-state index in [4.69, 9.17) is 9.26 Å². The van der Waals surface area contributed by atoms with Crippen LogP contribution in [0.25, 0.3) is 10.8 Å². The van der Waals surface area contributed by atoms with Crippen LogP contribution in [0.4, 0.5) is 26.7 Å². The molecule has 5 rings (SSSR count). The normalized spacial score (nSPS) is 17.0. The van der Waals surface area contributed by atoms with Gasteiger partial charge in [0.2, 0.25) is 0 Å². The highest BCUT2D eigenvalue weighted by Gasteiger charge is 2.35. The molecule has 0 radical (unpaired) electrons. The van der Waals surface area contributed by atoms with Crippen LogP contribution in [0.15, 0.2) is 65.2 Å². The van der Waals surface area contributed by atoms with Crippen molar-refractivity contribution in [1.29, 1.82) is 0 Å². The van der Waals surface area contributed by atoms with Gasteiger partial charge in [-0.3, -0.25) is 4.79 Å². The van der Waals surface area contributed by atoms with Gasteiger partial charge in [-0.15, -0.1) is 0 Å².